The lowest BCUT2D eigenvalue weighted by atomic mass is 9.83. The number of carbonyl (C=O) groups is 2. The van der Waals surface area contributed by atoms with E-state index in [0.29, 0.717) is 19.3 Å². The number of hydrogen-bond donors (Lipinski definition) is 2. The van der Waals surface area contributed by atoms with Crippen LogP contribution in [0.15, 0.2) is 0 Å². The molecule has 1 aliphatic heterocycles. The Labute approximate surface area is 118 Å². The van der Waals surface area contributed by atoms with Crippen LogP contribution in [0.1, 0.15) is 46.5 Å². The van der Waals surface area contributed by atoms with Gasteiger partial charge in [-0.1, -0.05) is 0 Å². The van der Waals surface area contributed by atoms with Gasteiger partial charge < -0.3 is 14.9 Å². The number of hydrogen-bond acceptors (Lipinski definition) is 4. The third-order valence-corrected chi connectivity index (χ3v) is 4.04. The van der Waals surface area contributed by atoms with Crippen molar-refractivity contribution in [1.82, 2.24) is 4.90 Å². The predicted octanol–water partition coefficient (Wildman–Crippen LogP) is 1.61. The van der Waals surface area contributed by atoms with E-state index >= 15 is 0 Å². The Hall–Kier alpha value is -1.30. The van der Waals surface area contributed by atoms with Crippen molar-refractivity contribution in [2.24, 2.45) is 5.92 Å². The van der Waals surface area contributed by atoms with Crippen LogP contribution in [-0.2, 0) is 9.53 Å². The predicted molar refractivity (Wildman–Crippen MR) is 71.2 cm³/mol. The molecular formula is C14H23NO5. The molecule has 114 valence electrons. The van der Waals surface area contributed by atoms with E-state index in [2.05, 4.69) is 0 Å². The number of amides is 1. The first-order valence-electron chi connectivity index (χ1n) is 7.11. The quantitative estimate of drug-likeness (QED) is 0.764. The highest BCUT2D eigenvalue weighted by atomic mass is 16.6. The summed E-state index contributed by atoms with van der Waals surface area (Å²) < 4.78 is 5.33. The summed E-state index contributed by atoms with van der Waals surface area (Å²) in [6.45, 7) is 5.26. The van der Waals surface area contributed by atoms with Crippen LogP contribution >= 0.6 is 0 Å². The number of aliphatic carboxylic acids is 1. The number of nitrogens with zero attached hydrogens (tertiary/aromatic N) is 1. The normalized spacial score (nSPS) is 33.7. The molecule has 1 saturated carbocycles. The molecule has 1 heterocycles. The first kappa shape index (κ1) is 15.1. The van der Waals surface area contributed by atoms with E-state index in [1.54, 1.807) is 20.8 Å². The van der Waals surface area contributed by atoms with Crippen molar-refractivity contribution >= 4 is 12.1 Å². The van der Waals surface area contributed by atoms with Gasteiger partial charge in [-0.25, -0.2) is 9.59 Å². The van der Waals surface area contributed by atoms with Crippen molar-refractivity contribution in [3.05, 3.63) is 0 Å². The van der Waals surface area contributed by atoms with Gasteiger partial charge in [-0.15, -0.1) is 0 Å². The number of fused-ring (bicyclic) bond motifs is 1. The SMILES string of the molecule is CC(C)(C)OC(=O)N1[C@H](C(=O)O)C[C@@H]2CC[C@H](O)C[C@@H]21. The molecule has 0 radical (unpaired) electrons. The highest BCUT2D eigenvalue weighted by molar-refractivity contribution is 5.81. The van der Waals surface area contributed by atoms with Crippen LogP contribution in [0, 0.1) is 5.92 Å². The zero-order valence-electron chi connectivity index (χ0n) is 12.2. The Morgan fingerprint density at radius 2 is 1.85 bits per heavy atom. The smallest absolute Gasteiger partial charge is 0.411 e. The van der Waals surface area contributed by atoms with E-state index in [4.69, 9.17) is 4.74 Å². The van der Waals surface area contributed by atoms with E-state index < -0.39 is 29.8 Å². The molecule has 2 aliphatic rings. The first-order valence-corrected chi connectivity index (χ1v) is 7.11. The fraction of sp³-hybridized carbons (Fsp3) is 0.857. The van der Waals surface area contributed by atoms with Gasteiger partial charge in [-0.3, -0.25) is 4.90 Å². The largest absolute Gasteiger partial charge is 0.480 e. The molecular weight excluding hydrogens is 262 g/mol. The Morgan fingerprint density at radius 3 is 2.40 bits per heavy atom. The maximum absolute atomic E-state index is 12.3. The number of likely N-dealkylation sites (tertiary alicyclic amines) is 1. The molecule has 6 heteroatoms. The highest BCUT2D eigenvalue weighted by Crippen LogP contribution is 2.40. The summed E-state index contributed by atoms with van der Waals surface area (Å²) in [5, 5.41) is 19.1. The van der Waals surface area contributed by atoms with Crippen molar-refractivity contribution in [2.75, 3.05) is 0 Å². The number of ether oxygens (including phenoxy) is 1. The lowest BCUT2D eigenvalue weighted by molar-refractivity contribution is -0.142. The molecule has 0 spiro atoms. The van der Waals surface area contributed by atoms with Gasteiger partial charge in [0.1, 0.15) is 11.6 Å². The standard InChI is InChI=1S/C14H23NO5/c1-14(2,3)20-13(19)15-10-7-9(16)5-4-8(10)6-11(15)12(17)18/h8-11,16H,4-7H2,1-3H3,(H,17,18)/t8-,9-,10-,11-/m0/s1. The summed E-state index contributed by atoms with van der Waals surface area (Å²) in [6, 6.07) is -1.07. The Kier molecular flexibility index (Phi) is 3.95. The second-order valence-corrected chi connectivity index (χ2v) is 6.77. The third kappa shape index (κ3) is 3.06. The first-order chi connectivity index (χ1) is 9.19. The second kappa shape index (κ2) is 5.24. The molecule has 1 aliphatic carbocycles. The molecule has 2 rings (SSSR count). The molecule has 0 aromatic rings. The lowest BCUT2D eigenvalue weighted by Crippen LogP contribution is -2.49. The van der Waals surface area contributed by atoms with Crippen molar-refractivity contribution in [1.29, 1.82) is 0 Å². The molecule has 0 unspecified atom stereocenters. The third-order valence-electron chi connectivity index (χ3n) is 4.04. The van der Waals surface area contributed by atoms with Gasteiger partial charge in [0.15, 0.2) is 0 Å². The Bertz CT molecular complexity index is 403. The minimum Gasteiger partial charge on any atom is -0.480 e. The molecule has 1 amide bonds. The van der Waals surface area contributed by atoms with Crippen molar-refractivity contribution in [2.45, 2.75) is 70.2 Å². The molecule has 0 aromatic carbocycles. The minimum atomic E-state index is -1.00. The van der Waals surface area contributed by atoms with Gasteiger partial charge in [-0.05, 0) is 52.4 Å². The summed E-state index contributed by atoms with van der Waals surface area (Å²) in [5.74, 6) is -0.855. The summed E-state index contributed by atoms with van der Waals surface area (Å²) in [5.41, 5.74) is -0.661. The summed E-state index contributed by atoms with van der Waals surface area (Å²) in [6.07, 6.45) is 1.27. The molecule has 0 bridgehead atoms. The van der Waals surface area contributed by atoms with Gasteiger partial charge in [-0.2, -0.15) is 0 Å². The fourth-order valence-electron chi connectivity index (χ4n) is 3.23. The summed E-state index contributed by atoms with van der Waals surface area (Å²) in [7, 11) is 0. The van der Waals surface area contributed by atoms with Crippen LogP contribution in [0.4, 0.5) is 4.79 Å². The van der Waals surface area contributed by atoms with E-state index in [1.807, 2.05) is 0 Å². The van der Waals surface area contributed by atoms with E-state index in [-0.39, 0.29) is 12.0 Å². The van der Waals surface area contributed by atoms with E-state index in [1.165, 1.54) is 4.90 Å². The van der Waals surface area contributed by atoms with Crippen LogP contribution in [0.25, 0.3) is 0 Å². The summed E-state index contributed by atoms with van der Waals surface area (Å²) >= 11 is 0. The van der Waals surface area contributed by atoms with Crippen LogP contribution in [0.2, 0.25) is 0 Å². The molecule has 6 nitrogen and oxygen atoms in total. The Morgan fingerprint density at radius 1 is 1.20 bits per heavy atom. The number of carboxylic acids is 1. The Balaban J connectivity index is 2.20. The van der Waals surface area contributed by atoms with Crippen LogP contribution < -0.4 is 0 Å². The number of carbonyl (C=O) groups excluding carboxylic acids is 1. The molecule has 20 heavy (non-hydrogen) atoms. The number of rotatable bonds is 1. The lowest BCUT2D eigenvalue weighted by Gasteiger charge is -2.35. The highest BCUT2D eigenvalue weighted by Gasteiger charge is 2.50. The molecule has 0 aromatic heterocycles. The van der Waals surface area contributed by atoms with E-state index in [0.717, 1.165) is 6.42 Å². The van der Waals surface area contributed by atoms with Gasteiger partial charge in [0, 0.05) is 6.04 Å². The van der Waals surface area contributed by atoms with Gasteiger partial charge >= 0.3 is 12.1 Å². The van der Waals surface area contributed by atoms with Crippen molar-refractivity contribution < 1.29 is 24.5 Å². The minimum absolute atomic E-state index is 0.145. The average Bonchev–Trinajstić information content (AvgIpc) is 2.65. The van der Waals surface area contributed by atoms with Crippen molar-refractivity contribution in [3.8, 4) is 0 Å². The van der Waals surface area contributed by atoms with Gasteiger partial charge in [0.05, 0.1) is 6.10 Å². The summed E-state index contributed by atoms with van der Waals surface area (Å²) in [4.78, 5) is 25.0. The maximum atomic E-state index is 12.3. The van der Waals surface area contributed by atoms with Gasteiger partial charge in [0.2, 0.25) is 0 Å². The molecule has 4 atom stereocenters. The number of aliphatic hydroxyl groups is 1. The molecule has 2 fully saturated rings. The number of aliphatic hydroxyl groups excluding tert-OH is 1. The van der Waals surface area contributed by atoms with Crippen LogP contribution in [0.3, 0.4) is 0 Å². The maximum Gasteiger partial charge on any atom is 0.411 e. The fourth-order valence-corrected chi connectivity index (χ4v) is 3.23. The zero-order valence-corrected chi connectivity index (χ0v) is 12.2. The van der Waals surface area contributed by atoms with Crippen LogP contribution in [-0.4, -0.2) is 51.0 Å². The molecule has 1 saturated heterocycles. The average molecular weight is 285 g/mol. The topological polar surface area (TPSA) is 87.1 Å². The van der Waals surface area contributed by atoms with Gasteiger partial charge in [0.25, 0.3) is 0 Å². The van der Waals surface area contributed by atoms with Crippen molar-refractivity contribution in [3.63, 3.8) is 0 Å². The zero-order chi connectivity index (χ0) is 15.1. The van der Waals surface area contributed by atoms with E-state index in [9.17, 15) is 19.8 Å². The monoisotopic (exact) mass is 285 g/mol. The second-order valence-electron chi connectivity index (χ2n) is 6.77. The van der Waals surface area contributed by atoms with Crippen LogP contribution in [0.5, 0.6) is 0 Å². The number of carboxylic acid groups (broad SMARTS) is 1. The molecule has 2 N–H and O–H groups in total.